The van der Waals surface area contributed by atoms with E-state index in [-0.39, 0.29) is 0 Å². The van der Waals surface area contributed by atoms with Gasteiger partial charge in [0.05, 0.1) is 0 Å². The van der Waals surface area contributed by atoms with Crippen molar-refractivity contribution >= 4 is 0 Å². The molecule has 16 heavy (non-hydrogen) atoms. The highest BCUT2D eigenvalue weighted by Gasteiger charge is 2.09. The van der Waals surface area contributed by atoms with E-state index in [1.165, 1.54) is 16.8 Å². The smallest absolute Gasteiger partial charge is 0.0107 e. The third kappa shape index (κ3) is 2.75. The van der Waals surface area contributed by atoms with Crippen molar-refractivity contribution in [3.05, 3.63) is 59.4 Å². The summed E-state index contributed by atoms with van der Waals surface area (Å²) in [6, 6.07) is 0. The Morgan fingerprint density at radius 3 is 2.50 bits per heavy atom. The molecule has 0 aromatic carbocycles. The molecule has 0 bridgehead atoms. The predicted molar refractivity (Wildman–Crippen MR) is 70.1 cm³/mol. The summed E-state index contributed by atoms with van der Waals surface area (Å²) in [5, 5.41) is 3.22. The van der Waals surface area contributed by atoms with Crippen LogP contribution in [0.25, 0.3) is 0 Å². The van der Waals surface area contributed by atoms with Crippen LogP contribution in [0.5, 0.6) is 0 Å². The van der Waals surface area contributed by atoms with Gasteiger partial charge in [-0.3, -0.25) is 0 Å². The lowest BCUT2D eigenvalue weighted by atomic mass is 9.92. The Morgan fingerprint density at radius 1 is 0.875 bits per heavy atom. The zero-order valence-corrected chi connectivity index (χ0v) is 9.87. The minimum atomic E-state index is 1.14. The van der Waals surface area contributed by atoms with Gasteiger partial charge >= 0.3 is 0 Å². The molecule has 84 valence electrons. The van der Waals surface area contributed by atoms with Gasteiger partial charge in [-0.25, -0.2) is 0 Å². The van der Waals surface area contributed by atoms with Gasteiger partial charge in [-0.1, -0.05) is 36.5 Å². The number of allylic oxidation sites excluding steroid dienone is 10. The molecule has 0 aliphatic heterocycles. The molecule has 1 nitrogen and oxygen atoms in total. The van der Waals surface area contributed by atoms with E-state index < -0.39 is 0 Å². The lowest BCUT2D eigenvalue weighted by molar-refractivity contribution is 0.806. The lowest BCUT2D eigenvalue weighted by Gasteiger charge is -2.17. The van der Waals surface area contributed by atoms with E-state index in [0.717, 1.165) is 25.7 Å². The zero-order valence-electron chi connectivity index (χ0n) is 9.87. The first-order chi connectivity index (χ1) is 7.90. The van der Waals surface area contributed by atoms with E-state index in [9.17, 15) is 0 Å². The molecule has 0 atom stereocenters. The van der Waals surface area contributed by atoms with Gasteiger partial charge in [0.15, 0.2) is 0 Å². The fraction of sp³-hybridized carbons (Fsp3) is 0.333. The van der Waals surface area contributed by atoms with Gasteiger partial charge in [0.25, 0.3) is 0 Å². The van der Waals surface area contributed by atoms with Crippen LogP contribution >= 0.6 is 0 Å². The Hall–Kier alpha value is -1.50. The second-order valence-electron chi connectivity index (χ2n) is 4.18. The van der Waals surface area contributed by atoms with Gasteiger partial charge in [0, 0.05) is 12.7 Å². The van der Waals surface area contributed by atoms with Crippen LogP contribution in [0.15, 0.2) is 59.4 Å². The zero-order chi connectivity index (χ0) is 11.2. The maximum absolute atomic E-state index is 3.22. The highest BCUT2D eigenvalue weighted by atomic mass is 14.8. The van der Waals surface area contributed by atoms with E-state index in [1.54, 1.807) is 0 Å². The van der Waals surface area contributed by atoms with Crippen LogP contribution in [-0.4, -0.2) is 7.05 Å². The van der Waals surface area contributed by atoms with Crippen molar-refractivity contribution < 1.29 is 0 Å². The van der Waals surface area contributed by atoms with Crippen LogP contribution < -0.4 is 5.32 Å². The summed E-state index contributed by atoms with van der Waals surface area (Å²) in [6.07, 6.45) is 20.0. The topological polar surface area (TPSA) is 12.0 Å². The number of nitrogens with one attached hydrogen (secondary N) is 1. The Balaban J connectivity index is 2.13. The Morgan fingerprint density at radius 2 is 1.75 bits per heavy atom. The summed E-state index contributed by atoms with van der Waals surface area (Å²) < 4.78 is 0. The maximum Gasteiger partial charge on any atom is 0.0107 e. The second kappa shape index (κ2) is 5.55. The van der Waals surface area contributed by atoms with Crippen molar-refractivity contribution in [2.75, 3.05) is 7.05 Å². The quantitative estimate of drug-likeness (QED) is 0.738. The van der Waals surface area contributed by atoms with Crippen LogP contribution in [0.3, 0.4) is 0 Å². The third-order valence-electron chi connectivity index (χ3n) is 3.12. The van der Waals surface area contributed by atoms with E-state index in [1.807, 2.05) is 7.05 Å². The monoisotopic (exact) mass is 213 g/mol. The van der Waals surface area contributed by atoms with Gasteiger partial charge in [0.2, 0.25) is 0 Å². The first kappa shape index (κ1) is 11.0. The van der Waals surface area contributed by atoms with Crippen LogP contribution in [0.4, 0.5) is 0 Å². The molecule has 2 aliphatic carbocycles. The average molecular weight is 213 g/mol. The summed E-state index contributed by atoms with van der Waals surface area (Å²) in [4.78, 5) is 0. The molecule has 0 saturated heterocycles. The fourth-order valence-corrected chi connectivity index (χ4v) is 2.11. The Bertz CT molecular complexity index is 392. The first-order valence-corrected chi connectivity index (χ1v) is 6.00. The highest BCUT2D eigenvalue weighted by molar-refractivity contribution is 5.40. The molecule has 0 fully saturated rings. The summed E-state index contributed by atoms with van der Waals surface area (Å²) in [7, 11) is 1.99. The fourth-order valence-electron chi connectivity index (χ4n) is 2.11. The summed E-state index contributed by atoms with van der Waals surface area (Å²) >= 11 is 0. The molecular weight excluding hydrogens is 194 g/mol. The summed E-state index contributed by atoms with van der Waals surface area (Å²) in [5.74, 6) is 0. The maximum atomic E-state index is 3.22. The summed E-state index contributed by atoms with van der Waals surface area (Å²) in [5.41, 5.74) is 4.33. The van der Waals surface area contributed by atoms with E-state index >= 15 is 0 Å². The van der Waals surface area contributed by atoms with Gasteiger partial charge in [0.1, 0.15) is 0 Å². The van der Waals surface area contributed by atoms with Gasteiger partial charge in [-0.05, 0) is 42.9 Å². The van der Waals surface area contributed by atoms with E-state index in [4.69, 9.17) is 0 Å². The molecule has 1 heteroatoms. The molecule has 0 amide bonds. The van der Waals surface area contributed by atoms with Gasteiger partial charge < -0.3 is 5.32 Å². The molecule has 0 radical (unpaired) electrons. The van der Waals surface area contributed by atoms with Gasteiger partial charge in [-0.15, -0.1) is 0 Å². The Kier molecular flexibility index (Phi) is 3.81. The molecule has 0 aromatic rings. The number of rotatable bonds is 2. The molecule has 0 heterocycles. The lowest BCUT2D eigenvalue weighted by Crippen LogP contribution is -2.08. The van der Waals surface area contributed by atoms with E-state index in [0.29, 0.717) is 0 Å². The minimum absolute atomic E-state index is 1.14. The van der Waals surface area contributed by atoms with Crippen LogP contribution in [0, 0.1) is 0 Å². The average Bonchev–Trinajstić information content (AvgIpc) is 2.29. The van der Waals surface area contributed by atoms with E-state index in [2.05, 4.69) is 47.8 Å². The molecule has 0 spiro atoms. The second-order valence-corrected chi connectivity index (χ2v) is 4.18. The number of hydrogen-bond donors (Lipinski definition) is 1. The van der Waals surface area contributed by atoms with Crippen molar-refractivity contribution in [1.82, 2.24) is 5.32 Å². The van der Waals surface area contributed by atoms with Crippen molar-refractivity contribution in [3.8, 4) is 0 Å². The molecular formula is C15H19N. The van der Waals surface area contributed by atoms with Gasteiger partial charge in [-0.2, -0.15) is 0 Å². The van der Waals surface area contributed by atoms with Crippen LogP contribution in [0.2, 0.25) is 0 Å². The molecule has 1 N–H and O–H groups in total. The standard InChI is InChI=1S/C15H19N/c1-16-15-11-9-14(10-12-15)13-7-5-3-2-4-6-8-13/h2-5,7,9,11,16H,6,8,10,12H2,1H3. The van der Waals surface area contributed by atoms with Crippen molar-refractivity contribution in [2.24, 2.45) is 0 Å². The normalized spacial score (nSPS) is 20.4. The van der Waals surface area contributed by atoms with Crippen LogP contribution in [-0.2, 0) is 0 Å². The molecule has 2 aliphatic rings. The van der Waals surface area contributed by atoms with Crippen molar-refractivity contribution in [3.63, 3.8) is 0 Å². The third-order valence-corrected chi connectivity index (χ3v) is 3.12. The minimum Gasteiger partial charge on any atom is -0.391 e. The molecule has 0 saturated carbocycles. The predicted octanol–water partition coefficient (Wildman–Crippen LogP) is 3.64. The van der Waals surface area contributed by atoms with Crippen molar-refractivity contribution in [1.29, 1.82) is 0 Å². The number of hydrogen-bond acceptors (Lipinski definition) is 1. The SMILES string of the molecule is CNC1=CC=C(C2=CC=CC=CCC2)CC1. The molecule has 2 rings (SSSR count). The first-order valence-electron chi connectivity index (χ1n) is 6.00. The summed E-state index contributed by atoms with van der Waals surface area (Å²) in [6.45, 7) is 0. The largest absolute Gasteiger partial charge is 0.391 e. The molecule has 0 unspecified atom stereocenters. The Labute approximate surface area is 97.9 Å². The molecule has 0 aromatic heterocycles. The highest BCUT2D eigenvalue weighted by Crippen LogP contribution is 2.26. The van der Waals surface area contributed by atoms with Crippen molar-refractivity contribution in [2.45, 2.75) is 25.7 Å². The van der Waals surface area contributed by atoms with Crippen LogP contribution in [0.1, 0.15) is 25.7 Å².